The second-order valence-electron chi connectivity index (χ2n) is 5.85. The maximum Gasteiger partial charge on any atom is 0.409 e. The number of aromatic nitrogens is 3. The largest absolute Gasteiger partial charge is 0.447 e. The predicted molar refractivity (Wildman–Crippen MR) is 83.8 cm³/mol. The molecule has 0 saturated carbocycles. The Morgan fingerprint density at radius 3 is 3.12 bits per heavy atom. The van der Waals surface area contributed by atoms with E-state index in [0.29, 0.717) is 29.9 Å². The van der Waals surface area contributed by atoms with E-state index in [1.165, 1.54) is 11.2 Å². The lowest BCUT2D eigenvalue weighted by atomic mass is 9.98. The van der Waals surface area contributed by atoms with Gasteiger partial charge >= 0.3 is 6.09 Å². The molecule has 1 saturated heterocycles. The van der Waals surface area contributed by atoms with Crippen molar-refractivity contribution < 1.29 is 14.3 Å². The maximum absolute atomic E-state index is 11.5. The number of nitrogen functional groups attached to an aromatic ring is 1. The van der Waals surface area contributed by atoms with Crippen LogP contribution in [0.2, 0.25) is 0 Å². The molecule has 2 aromatic heterocycles. The number of hydrogen-bond acceptors (Lipinski definition) is 7. The van der Waals surface area contributed by atoms with Gasteiger partial charge in [-0.25, -0.2) is 14.3 Å². The number of carbonyl (C=O) groups excluding carboxylic acids is 1. The zero-order valence-corrected chi connectivity index (χ0v) is 13.5. The van der Waals surface area contributed by atoms with E-state index in [2.05, 4.69) is 16.2 Å². The molecule has 2 atom stereocenters. The van der Waals surface area contributed by atoms with E-state index in [0.717, 1.165) is 0 Å². The van der Waals surface area contributed by atoms with Crippen molar-refractivity contribution in [2.75, 3.05) is 26.4 Å². The summed E-state index contributed by atoms with van der Waals surface area (Å²) in [5.74, 6) is 0.332. The van der Waals surface area contributed by atoms with Gasteiger partial charge in [0, 0.05) is 14.1 Å². The number of carbonyl (C=O) groups is 1. The number of ether oxygens (including phenoxy) is 2. The SMILES string of the molecule is CN(C)C(=O)OC[C@@H]1CC[C@](C#N)(c2ccc3c(N)ncnn23)O1. The van der Waals surface area contributed by atoms with Crippen molar-refractivity contribution in [2.24, 2.45) is 0 Å². The van der Waals surface area contributed by atoms with Crippen LogP contribution in [0.1, 0.15) is 18.5 Å². The Morgan fingerprint density at radius 1 is 1.62 bits per heavy atom. The first kappa shape index (κ1) is 16.0. The van der Waals surface area contributed by atoms with Crippen LogP contribution in [0.25, 0.3) is 5.52 Å². The molecule has 0 aliphatic carbocycles. The minimum Gasteiger partial charge on any atom is -0.447 e. The fourth-order valence-electron chi connectivity index (χ4n) is 2.76. The summed E-state index contributed by atoms with van der Waals surface area (Å²) in [4.78, 5) is 16.8. The summed E-state index contributed by atoms with van der Waals surface area (Å²) in [6.45, 7) is 0.0981. The third kappa shape index (κ3) is 2.61. The first-order valence-corrected chi connectivity index (χ1v) is 7.49. The van der Waals surface area contributed by atoms with Gasteiger partial charge in [0.05, 0.1) is 11.8 Å². The van der Waals surface area contributed by atoms with Crippen LogP contribution in [0.15, 0.2) is 18.5 Å². The van der Waals surface area contributed by atoms with Gasteiger partial charge in [-0.3, -0.25) is 0 Å². The van der Waals surface area contributed by atoms with Crippen molar-refractivity contribution in [2.45, 2.75) is 24.5 Å². The van der Waals surface area contributed by atoms with E-state index in [4.69, 9.17) is 15.2 Å². The lowest BCUT2D eigenvalue weighted by Crippen LogP contribution is -2.30. The van der Waals surface area contributed by atoms with Crippen molar-refractivity contribution in [1.29, 1.82) is 5.26 Å². The van der Waals surface area contributed by atoms with Crippen molar-refractivity contribution in [3.63, 3.8) is 0 Å². The molecule has 1 fully saturated rings. The number of anilines is 1. The van der Waals surface area contributed by atoms with Gasteiger partial charge in [-0.15, -0.1) is 0 Å². The highest BCUT2D eigenvalue weighted by atomic mass is 16.6. The van der Waals surface area contributed by atoms with Crippen molar-refractivity contribution in [1.82, 2.24) is 19.5 Å². The van der Waals surface area contributed by atoms with Crippen LogP contribution in [0, 0.1) is 11.3 Å². The molecule has 1 amide bonds. The van der Waals surface area contributed by atoms with Crippen molar-refractivity contribution in [3.8, 4) is 6.07 Å². The van der Waals surface area contributed by atoms with Crippen LogP contribution in [-0.2, 0) is 15.1 Å². The summed E-state index contributed by atoms with van der Waals surface area (Å²) in [5, 5.41) is 13.9. The van der Waals surface area contributed by atoms with E-state index in [-0.39, 0.29) is 12.7 Å². The molecule has 3 rings (SSSR count). The number of fused-ring (bicyclic) bond motifs is 1. The smallest absolute Gasteiger partial charge is 0.409 e. The Kier molecular flexibility index (Phi) is 3.99. The molecule has 0 radical (unpaired) electrons. The lowest BCUT2D eigenvalue weighted by Gasteiger charge is -2.22. The number of hydrogen-bond donors (Lipinski definition) is 1. The molecule has 9 heteroatoms. The molecule has 0 spiro atoms. The highest BCUT2D eigenvalue weighted by molar-refractivity contribution is 5.67. The molecule has 1 aliphatic heterocycles. The molecule has 3 heterocycles. The lowest BCUT2D eigenvalue weighted by molar-refractivity contribution is -0.0382. The highest BCUT2D eigenvalue weighted by Gasteiger charge is 2.45. The van der Waals surface area contributed by atoms with Gasteiger partial charge in [-0.2, -0.15) is 10.4 Å². The van der Waals surface area contributed by atoms with Crippen LogP contribution in [0.4, 0.5) is 10.6 Å². The topological polar surface area (TPSA) is 119 Å². The maximum atomic E-state index is 11.5. The van der Waals surface area contributed by atoms with Crippen molar-refractivity contribution in [3.05, 3.63) is 24.2 Å². The predicted octanol–water partition coefficient (Wildman–Crippen LogP) is 0.908. The summed E-state index contributed by atoms with van der Waals surface area (Å²) >= 11 is 0. The third-order valence-electron chi connectivity index (χ3n) is 4.02. The van der Waals surface area contributed by atoms with E-state index in [9.17, 15) is 10.1 Å². The van der Waals surface area contributed by atoms with Crippen LogP contribution >= 0.6 is 0 Å². The Balaban J connectivity index is 1.82. The van der Waals surface area contributed by atoms with E-state index >= 15 is 0 Å². The molecular weight excluding hydrogens is 312 g/mol. The fraction of sp³-hybridized carbons (Fsp3) is 0.467. The van der Waals surface area contributed by atoms with Gasteiger partial charge < -0.3 is 20.1 Å². The highest BCUT2D eigenvalue weighted by Crippen LogP contribution is 2.39. The van der Waals surface area contributed by atoms with Crippen LogP contribution in [-0.4, -0.2) is 52.4 Å². The van der Waals surface area contributed by atoms with Gasteiger partial charge in [-0.05, 0) is 25.0 Å². The zero-order valence-electron chi connectivity index (χ0n) is 13.5. The average molecular weight is 330 g/mol. The second-order valence-corrected chi connectivity index (χ2v) is 5.85. The fourth-order valence-corrected chi connectivity index (χ4v) is 2.76. The molecule has 0 bridgehead atoms. The summed E-state index contributed by atoms with van der Waals surface area (Å²) in [7, 11) is 3.21. The third-order valence-corrected chi connectivity index (χ3v) is 4.02. The van der Waals surface area contributed by atoms with Crippen LogP contribution in [0.5, 0.6) is 0 Å². The first-order valence-electron chi connectivity index (χ1n) is 7.49. The number of nitrogens with two attached hydrogens (primary N) is 1. The van der Waals surface area contributed by atoms with Gasteiger partial charge in [-0.1, -0.05) is 0 Å². The standard InChI is InChI=1S/C15H18N6O3/c1-20(2)14(22)23-7-10-5-6-15(8-16,24-10)12-4-3-11-13(17)18-9-19-21(11)12/h3-4,9-10H,5-7H2,1-2H3,(H2,17,18,19)/t10-,15-/m0/s1. The van der Waals surface area contributed by atoms with E-state index in [1.807, 2.05) is 0 Å². The van der Waals surface area contributed by atoms with Gasteiger partial charge in [0.25, 0.3) is 0 Å². The van der Waals surface area contributed by atoms with E-state index in [1.54, 1.807) is 30.7 Å². The molecule has 0 unspecified atom stereocenters. The molecule has 2 N–H and O–H groups in total. The number of nitriles is 1. The monoisotopic (exact) mass is 330 g/mol. The van der Waals surface area contributed by atoms with Gasteiger partial charge in [0.2, 0.25) is 0 Å². The molecule has 2 aromatic rings. The average Bonchev–Trinajstić information content (AvgIpc) is 3.18. The minimum atomic E-state index is -1.15. The van der Waals surface area contributed by atoms with E-state index < -0.39 is 11.7 Å². The zero-order chi connectivity index (χ0) is 17.3. The quantitative estimate of drug-likeness (QED) is 0.888. The Hall–Kier alpha value is -2.86. The number of amides is 1. The molecular formula is C15H18N6O3. The molecule has 0 aromatic carbocycles. The molecule has 9 nitrogen and oxygen atoms in total. The Morgan fingerprint density at radius 2 is 2.42 bits per heavy atom. The summed E-state index contributed by atoms with van der Waals surface area (Å²) in [6.07, 6.45) is 1.62. The van der Waals surface area contributed by atoms with Crippen molar-refractivity contribution >= 4 is 17.4 Å². The summed E-state index contributed by atoms with van der Waals surface area (Å²) in [5.41, 5.74) is 5.89. The molecule has 1 aliphatic rings. The Bertz CT molecular complexity index is 811. The minimum absolute atomic E-state index is 0.0981. The molecule has 24 heavy (non-hydrogen) atoms. The second kappa shape index (κ2) is 5.98. The van der Waals surface area contributed by atoms with Crippen LogP contribution in [0.3, 0.4) is 0 Å². The normalized spacial score (nSPS) is 23.1. The first-order chi connectivity index (χ1) is 11.5. The number of nitrogens with zero attached hydrogens (tertiary/aromatic N) is 5. The Labute approximate surface area is 138 Å². The van der Waals surface area contributed by atoms with Crippen LogP contribution < -0.4 is 5.73 Å². The summed E-state index contributed by atoms with van der Waals surface area (Å²) in [6, 6.07) is 5.75. The molecule has 126 valence electrons. The van der Waals surface area contributed by atoms with Gasteiger partial charge in [0.1, 0.15) is 24.5 Å². The number of rotatable bonds is 3. The summed E-state index contributed by atoms with van der Waals surface area (Å²) < 4.78 is 12.7. The van der Waals surface area contributed by atoms with Gasteiger partial charge in [0.15, 0.2) is 11.4 Å².